The van der Waals surface area contributed by atoms with Crippen LogP contribution >= 0.6 is 0 Å². The van der Waals surface area contributed by atoms with Gasteiger partial charge in [-0.2, -0.15) is 0 Å². The van der Waals surface area contributed by atoms with Gasteiger partial charge in [0, 0.05) is 6.54 Å². The highest BCUT2D eigenvalue weighted by molar-refractivity contribution is 5.19. The lowest BCUT2D eigenvalue weighted by atomic mass is 9.98. The first-order valence-corrected chi connectivity index (χ1v) is 3.13. The molecule has 1 rings (SSSR count). The molecule has 2 unspecified atom stereocenters. The van der Waals surface area contributed by atoms with Crippen molar-refractivity contribution in [2.24, 2.45) is 11.7 Å². The molecule has 0 radical (unpaired) electrons. The fraction of sp³-hybridized carbons (Fsp3) is 0.429. The first-order valence-electron chi connectivity index (χ1n) is 3.13. The average Bonchev–Trinajstić information content (AvgIpc) is 1.88. The Morgan fingerprint density at radius 1 is 1.60 bits per heavy atom. The van der Waals surface area contributed by atoms with Gasteiger partial charge in [-0.15, -0.1) is 0 Å². The van der Waals surface area contributed by atoms with Crippen LogP contribution in [0.5, 0.6) is 0 Å². The summed E-state index contributed by atoms with van der Waals surface area (Å²) >= 11 is 0. The zero-order chi connectivity index (χ0) is 7.56. The highest BCUT2D eigenvalue weighted by atomic mass is 19.1. The summed E-state index contributed by atoms with van der Waals surface area (Å²) in [7, 11) is 0. The van der Waals surface area contributed by atoms with Gasteiger partial charge in [0.1, 0.15) is 12.0 Å². The lowest BCUT2D eigenvalue weighted by Gasteiger charge is -2.16. The van der Waals surface area contributed by atoms with E-state index in [9.17, 15) is 8.78 Å². The maximum Gasteiger partial charge on any atom is 0.129 e. The van der Waals surface area contributed by atoms with Gasteiger partial charge in [0.25, 0.3) is 0 Å². The number of alkyl halides is 1. The number of allylic oxidation sites excluding steroid dienone is 3. The minimum absolute atomic E-state index is 0.0217. The summed E-state index contributed by atoms with van der Waals surface area (Å²) in [4.78, 5) is 0. The second-order valence-corrected chi connectivity index (χ2v) is 2.22. The second-order valence-electron chi connectivity index (χ2n) is 2.22. The molecular formula is C7H9F2N. The molecule has 0 heterocycles. The minimum atomic E-state index is -1.25. The van der Waals surface area contributed by atoms with Crippen molar-refractivity contribution in [1.82, 2.24) is 0 Å². The summed E-state index contributed by atoms with van der Waals surface area (Å²) in [6, 6.07) is 0. The van der Waals surface area contributed by atoms with Gasteiger partial charge in [0.2, 0.25) is 0 Å². The lowest BCUT2D eigenvalue weighted by molar-refractivity contribution is 0.280. The Kier molecular flexibility index (Phi) is 2.17. The third-order valence-electron chi connectivity index (χ3n) is 1.54. The predicted molar refractivity (Wildman–Crippen MR) is 35.8 cm³/mol. The third-order valence-corrected chi connectivity index (χ3v) is 1.54. The maximum absolute atomic E-state index is 12.7. The van der Waals surface area contributed by atoms with Crippen LogP contribution in [0.3, 0.4) is 0 Å². The normalized spacial score (nSPS) is 32.1. The molecule has 0 aromatic heterocycles. The van der Waals surface area contributed by atoms with E-state index >= 15 is 0 Å². The van der Waals surface area contributed by atoms with Crippen LogP contribution in [0.15, 0.2) is 24.1 Å². The zero-order valence-electron chi connectivity index (χ0n) is 5.43. The molecule has 0 aromatic rings. The van der Waals surface area contributed by atoms with Crippen molar-refractivity contribution in [2.45, 2.75) is 6.17 Å². The molecule has 1 aliphatic carbocycles. The van der Waals surface area contributed by atoms with E-state index in [1.54, 1.807) is 0 Å². The molecule has 2 N–H and O–H groups in total. The van der Waals surface area contributed by atoms with Crippen molar-refractivity contribution in [3.05, 3.63) is 24.1 Å². The first-order chi connectivity index (χ1) is 4.75. The summed E-state index contributed by atoms with van der Waals surface area (Å²) in [5.41, 5.74) is 5.13. The zero-order valence-corrected chi connectivity index (χ0v) is 5.43. The Bertz CT molecular complexity index is 174. The fourth-order valence-corrected chi connectivity index (χ4v) is 0.906. The van der Waals surface area contributed by atoms with Crippen molar-refractivity contribution in [3.8, 4) is 0 Å². The minimum Gasteiger partial charge on any atom is -0.330 e. The van der Waals surface area contributed by atoms with E-state index in [1.165, 1.54) is 18.2 Å². The molecule has 10 heavy (non-hydrogen) atoms. The van der Waals surface area contributed by atoms with E-state index < -0.39 is 17.9 Å². The summed E-state index contributed by atoms with van der Waals surface area (Å²) in [5.74, 6) is -1.22. The van der Waals surface area contributed by atoms with Crippen LogP contribution in [0.1, 0.15) is 0 Å². The summed E-state index contributed by atoms with van der Waals surface area (Å²) in [5, 5.41) is 0. The molecule has 3 heteroatoms. The SMILES string of the molecule is NCC1C(F)=CC=CC1F. The van der Waals surface area contributed by atoms with Crippen LogP contribution in [0, 0.1) is 5.92 Å². The molecule has 0 aromatic carbocycles. The van der Waals surface area contributed by atoms with Crippen molar-refractivity contribution in [2.75, 3.05) is 6.54 Å². The van der Waals surface area contributed by atoms with Gasteiger partial charge < -0.3 is 5.73 Å². The smallest absolute Gasteiger partial charge is 0.129 e. The van der Waals surface area contributed by atoms with Gasteiger partial charge in [-0.05, 0) is 12.2 Å². The van der Waals surface area contributed by atoms with Crippen LogP contribution in [0.4, 0.5) is 8.78 Å². The van der Waals surface area contributed by atoms with Crippen LogP contribution in [0.25, 0.3) is 0 Å². The third kappa shape index (κ3) is 1.24. The maximum atomic E-state index is 12.7. The molecule has 0 saturated heterocycles. The fourth-order valence-electron chi connectivity index (χ4n) is 0.906. The molecule has 2 atom stereocenters. The molecular weight excluding hydrogens is 136 g/mol. The number of nitrogens with two attached hydrogens (primary N) is 1. The van der Waals surface area contributed by atoms with E-state index in [-0.39, 0.29) is 6.54 Å². The van der Waals surface area contributed by atoms with E-state index in [2.05, 4.69) is 0 Å². The Morgan fingerprint density at radius 2 is 2.30 bits per heavy atom. The highest BCUT2D eigenvalue weighted by Crippen LogP contribution is 2.22. The standard InChI is InChI=1S/C7H9F2N/c8-6-2-1-3-7(9)5(6)4-10/h1-3,5-6H,4,10H2. The largest absolute Gasteiger partial charge is 0.330 e. The van der Waals surface area contributed by atoms with Gasteiger partial charge in [-0.3, -0.25) is 0 Å². The predicted octanol–water partition coefficient (Wildman–Crippen LogP) is 1.32. The second kappa shape index (κ2) is 2.92. The number of rotatable bonds is 1. The topological polar surface area (TPSA) is 26.0 Å². The van der Waals surface area contributed by atoms with E-state index in [0.717, 1.165) is 0 Å². The Hall–Kier alpha value is -0.700. The summed E-state index contributed by atoms with van der Waals surface area (Å²) in [6.45, 7) is 0.0217. The average molecular weight is 145 g/mol. The van der Waals surface area contributed by atoms with Crippen LogP contribution in [0.2, 0.25) is 0 Å². The van der Waals surface area contributed by atoms with Gasteiger partial charge in [-0.1, -0.05) is 6.08 Å². The van der Waals surface area contributed by atoms with Gasteiger partial charge in [0.05, 0.1) is 5.92 Å². The lowest BCUT2D eigenvalue weighted by Crippen LogP contribution is -2.25. The Balaban J connectivity index is 2.71. The van der Waals surface area contributed by atoms with E-state index in [1.807, 2.05) is 0 Å². The first kappa shape index (κ1) is 7.41. The van der Waals surface area contributed by atoms with Crippen molar-refractivity contribution >= 4 is 0 Å². The molecule has 1 nitrogen and oxygen atoms in total. The van der Waals surface area contributed by atoms with Crippen molar-refractivity contribution in [3.63, 3.8) is 0 Å². The molecule has 56 valence electrons. The van der Waals surface area contributed by atoms with Crippen molar-refractivity contribution in [1.29, 1.82) is 0 Å². The van der Waals surface area contributed by atoms with Crippen molar-refractivity contribution < 1.29 is 8.78 Å². The van der Waals surface area contributed by atoms with Gasteiger partial charge in [-0.25, -0.2) is 8.78 Å². The molecule has 0 saturated carbocycles. The quantitative estimate of drug-likeness (QED) is 0.591. The van der Waals surface area contributed by atoms with E-state index in [4.69, 9.17) is 5.73 Å². The number of hydrogen-bond acceptors (Lipinski definition) is 1. The monoisotopic (exact) mass is 145 g/mol. The highest BCUT2D eigenvalue weighted by Gasteiger charge is 2.23. The Morgan fingerprint density at radius 3 is 2.70 bits per heavy atom. The molecule has 0 amide bonds. The molecule has 0 fully saturated rings. The van der Waals surface area contributed by atoms with Crippen LogP contribution < -0.4 is 5.73 Å². The number of hydrogen-bond donors (Lipinski definition) is 1. The summed E-state index contributed by atoms with van der Waals surface area (Å²) < 4.78 is 25.2. The van der Waals surface area contributed by atoms with Gasteiger partial charge in [0.15, 0.2) is 0 Å². The van der Waals surface area contributed by atoms with E-state index in [0.29, 0.717) is 0 Å². The Labute approximate surface area is 58.2 Å². The molecule has 1 aliphatic rings. The molecule has 0 aliphatic heterocycles. The number of halogens is 2. The summed E-state index contributed by atoms with van der Waals surface area (Å²) in [6.07, 6.45) is 2.66. The van der Waals surface area contributed by atoms with Crippen LogP contribution in [-0.4, -0.2) is 12.7 Å². The van der Waals surface area contributed by atoms with Crippen LogP contribution in [-0.2, 0) is 0 Å². The molecule has 0 spiro atoms. The van der Waals surface area contributed by atoms with Gasteiger partial charge >= 0.3 is 0 Å². The molecule has 0 bridgehead atoms.